The van der Waals surface area contributed by atoms with Gasteiger partial charge in [0.25, 0.3) is 0 Å². The molecule has 1 aliphatic heterocycles. The molecule has 1 saturated heterocycles. The number of rotatable bonds is 7. The van der Waals surface area contributed by atoms with E-state index in [0.29, 0.717) is 13.0 Å². The summed E-state index contributed by atoms with van der Waals surface area (Å²) < 4.78 is 5.08. The minimum atomic E-state index is -0.253. The van der Waals surface area contributed by atoms with E-state index in [-0.39, 0.29) is 17.7 Å². The molecule has 0 bridgehead atoms. The van der Waals surface area contributed by atoms with Crippen LogP contribution in [0.2, 0.25) is 0 Å². The van der Waals surface area contributed by atoms with Crippen molar-refractivity contribution in [3.05, 3.63) is 24.3 Å². The van der Waals surface area contributed by atoms with Crippen LogP contribution < -0.4 is 10.1 Å². The number of carbonyl (C=O) groups is 2. The molecule has 0 spiro atoms. The van der Waals surface area contributed by atoms with E-state index in [9.17, 15) is 9.59 Å². The number of ether oxygens (including phenoxy) is 1. The number of amides is 2. The molecular weight excluding hydrogens is 280 g/mol. The second-order valence-corrected chi connectivity index (χ2v) is 5.67. The number of nitrogens with one attached hydrogen (secondary N) is 1. The van der Waals surface area contributed by atoms with Crippen LogP contribution in [0.5, 0.6) is 5.75 Å². The minimum Gasteiger partial charge on any atom is -0.497 e. The lowest BCUT2D eigenvalue weighted by Crippen LogP contribution is -2.29. The zero-order chi connectivity index (χ0) is 15.9. The van der Waals surface area contributed by atoms with Gasteiger partial charge in [0.05, 0.1) is 13.0 Å². The van der Waals surface area contributed by atoms with Crippen molar-refractivity contribution in [1.82, 2.24) is 4.90 Å². The van der Waals surface area contributed by atoms with Gasteiger partial charge < -0.3 is 15.0 Å². The monoisotopic (exact) mass is 304 g/mol. The molecule has 2 amide bonds. The van der Waals surface area contributed by atoms with Gasteiger partial charge in [-0.1, -0.05) is 19.8 Å². The lowest BCUT2D eigenvalue weighted by atomic mass is 10.1. The quantitative estimate of drug-likeness (QED) is 0.788. The molecule has 120 valence electrons. The van der Waals surface area contributed by atoms with Crippen LogP contribution in [0.4, 0.5) is 5.69 Å². The van der Waals surface area contributed by atoms with Crippen LogP contribution in [-0.4, -0.2) is 36.9 Å². The largest absolute Gasteiger partial charge is 0.497 e. The molecule has 0 radical (unpaired) electrons. The molecule has 1 fully saturated rings. The van der Waals surface area contributed by atoms with Gasteiger partial charge >= 0.3 is 0 Å². The molecule has 0 aliphatic carbocycles. The molecule has 1 heterocycles. The average Bonchev–Trinajstić information content (AvgIpc) is 2.90. The van der Waals surface area contributed by atoms with Gasteiger partial charge in [0.2, 0.25) is 11.8 Å². The highest BCUT2D eigenvalue weighted by Gasteiger charge is 2.33. The Labute approximate surface area is 131 Å². The van der Waals surface area contributed by atoms with E-state index in [2.05, 4.69) is 12.2 Å². The van der Waals surface area contributed by atoms with Gasteiger partial charge in [-0.15, -0.1) is 0 Å². The van der Waals surface area contributed by atoms with Crippen molar-refractivity contribution in [3.8, 4) is 5.75 Å². The van der Waals surface area contributed by atoms with Gasteiger partial charge in [-0.25, -0.2) is 0 Å². The van der Waals surface area contributed by atoms with Crippen LogP contribution in [0.3, 0.4) is 0 Å². The van der Waals surface area contributed by atoms with Crippen LogP contribution in [0.1, 0.15) is 32.6 Å². The van der Waals surface area contributed by atoms with Crippen molar-refractivity contribution in [1.29, 1.82) is 0 Å². The van der Waals surface area contributed by atoms with E-state index in [0.717, 1.165) is 37.2 Å². The van der Waals surface area contributed by atoms with Crippen molar-refractivity contribution in [2.75, 3.05) is 25.5 Å². The maximum atomic E-state index is 12.3. The van der Waals surface area contributed by atoms with Crippen LogP contribution in [0, 0.1) is 5.92 Å². The summed E-state index contributed by atoms with van der Waals surface area (Å²) in [5.74, 6) is 0.495. The number of likely N-dealkylation sites (tertiary alicyclic amines) is 1. The number of benzene rings is 1. The second-order valence-electron chi connectivity index (χ2n) is 5.67. The standard InChI is InChI=1S/C17H24N2O3/c1-3-4-5-10-19-12-13(11-16(19)20)17(21)18-14-6-8-15(22-2)9-7-14/h6-9,13H,3-5,10-12H2,1-2H3,(H,18,21). The van der Waals surface area contributed by atoms with Gasteiger partial charge in [-0.2, -0.15) is 0 Å². The van der Waals surface area contributed by atoms with Gasteiger partial charge in [0.15, 0.2) is 0 Å². The Hall–Kier alpha value is -2.04. The normalized spacial score (nSPS) is 17.6. The van der Waals surface area contributed by atoms with Gasteiger partial charge in [-0.3, -0.25) is 9.59 Å². The molecule has 1 aliphatic rings. The number of hydrogen-bond acceptors (Lipinski definition) is 3. The number of unbranched alkanes of at least 4 members (excludes halogenated alkanes) is 2. The third-order valence-corrected chi connectivity index (χ3v) is 3.97. The molecule has 1 N–H and O–H groups in total. The summed E-state index contributed by atoms with van der Waals surface area (Å²) in [6, 6.07) is 7.19. The Balaban J connectivity index is 1.86. The van der Waals surface area contributed by atoms with Gasteiger partial charge in [-0.05, 0) is 30.7 Å². The summed E-state index contributed by atoms with van der Waals surface area (Å²) in [4.78, 5) is 26.0. The fourth-order valence-corrected chi connectivity index (χ4v) is 2.64. The molecule has 0 aromatic heterocycles. The van der Waals surface area contributed by atoms with Crippen molar-refractivity contribution in [2.45, 2.75) is 32.6 Å². The zero-order valence-electron chi connectivity index (χ0n) is 13.3. The van der Waals surface area contributed by atoms with E-state index in [1.165, 1.54) is 0 Å². The van der Waals surface area contributed by atoms with Crippen molar-refractivity contribution < 1.29 is 14.3 Å². The van der Waals surface area contributed by atoms with Crippen LogP contribution in [0.15, 0.2) is 24.3 Å². The molecule has 5 heteroatoms. The summed E-state index contributed by atoms with van der Waals surface area (Å²) in [6.45, 7) is 3.43. The molecule has 5 nitrogen and oxygen atoms in total. The Morgan fingerprint density at radius 2 is 2.05 bits per heavy atom. The number of carbonyl (C=O) groups excluding carboxylic acids is 2. The summed E-state index contributed by atoms with van der Waals surface area (Å²) in [5.41, 5.74) is 0.725. The van der Waals surface area contributed by atoms with Crippen molar-refractivity contribution >= 4 is 17.5 Å². The maximum absolute atomic E-state index is 12.3. The van der Waals surface area contributed by atoms with E-state index in [1.54, 1.807) is 31.4 Å². The van der Waals surface area contributed by atoms with Gasteiger partial charge in [0, 0.05) is 25.2 Å². The molecular formula is C17H24N2O3. The number of nitrogens with zero attached hydrogens (tertiary/aromatic N) is 1. The molecule has 22 heavy (non-hydrogen) atoms. The Morgan fingerprint density at radius 1 is 1.32 bits per heavy atom. The highest BCUT2D eigenvalue weighted by atomic mass is 16.5. The molecule has 2 rings (SSSR count). The SMILES string of the molecule is CCCCCN1CC(C(=O)Nc2ccc(OC)cc2)CC1=O. The Kier molecular flexibility index (Phi) is 5.81. The van der Waals surface area contributed by atoms with E-state index in [4.69, 9.17) is 4.74 Å². The minimum absolute atomic E-state index is 0.0866. The predicted octanol–water partition coefficient (Wildman–Crippen LogP) is 2.67. The van der Waals surface area contributed by atoms with E-state index >= 15 is 0 Å². The lowest BCUT2D eigenvalue weighted by molar-refractivity contribution is -0.128. The first-order valence-electron chi connectivity index (χ1n) is 7.86. The zero-order valence-corrected chi connectivity index (χ0v) is 13.3. The van der Waals surface area contributed by atoms with Crippen molar-refractivity contribution in [2.24, 2.45) is 5.92 Å². The molecule has 1 unspecified atom stereocenters. The fraction of sp³-hybridized carbons (Fsp3) is 0.529. The molecule has 1 atom stereocenters. The average molecular weight is 304 g/mol. The summed E-state index contributed by atoms with van der Waals surface area (Å²) in [7, 11) is 1.60. The van der Waals surface area contributed by atoms with Gasteiger partial charge in [0.1, 0.15) is 5.75 Å². The van der Waals surface area contributed by atoms with E-state index in [1.807, 2.05) is 4.90 Å². The third-order valence-electron chi connectivity index (χ3n) is 3.97. The summed E-state index contributed by atoms with van der Waals surface area (Å²) >= 11 is 0. The molecule has 1 aromatic rings. The third kappa shape index (κ3) is 4.23. The summed E-state index contributed by atoms with van der Waals surface area (Å²) in [5, 5.41) is 2.87. The predicted molar refractivity (Wildman–Crippen MR) is 85.8 cm³/mol. The highest BCUT2D eigenvalue weighted by molar-refractivity contribution is 5.97. The van der Waals surface area contributed by atoms with Crippen molar-refractivity contribution in [3.63, 3.8) is 0 Å². The Morgan fingerprint density at radius 3 is 2.68 bits per heavy atom. The second kappa shape index (κ2) is 7.82. The van der Waals surface area contributed by atoms with Crippen LogP contribution >= 0.6 is 0 Å². The van der Waals surface area contributed by atoms with Crippen LogP contribution in [0.25, 0.3) is 0 Å². The Bertz CT molecular complexity index is 513. The fourth-order valence-electron chi connectivity index (χ4n) is 2.64. The highest BCUT2D eigenvalue weighted by Crippen LogP contribution is 2.21. The first-order chi connectivity index (χ1) is 10.6. The molecule has 0 saturated carbocycles. The van der Waals surface area contributed by atoms with E-state index < -0.39 is 0 Å². The number of anilines is 1. The smallest absolute Gasteiger partial charge is 0.229 e. The molecule has 1 aromatic carbocycles. The van der Waals surface area contributed by atoms with Crippen LogP contribution in [-0.2, 0) is 9.59 Å². The first kappa shape index (κ1) is 16.3. The number of methoxy groups -OCH3 is 1. The lowest BCUT2D eigenvalue weighted by Gasteiger charge is -2.16. The maximum Gasteiger partial charge on any atom is 0.229 e. The topological polar surface area (TPSA) is 58.6 Å². The number of hydrogen-bond donors (Lipinski definition) is 1. The summed E-state index contributed by atoms with van der Waals surface area (Å²) in [6.07, 6.45) is 3.57. The first-order valence-corrected chi connectivity index (χ1v) is 7.86.